The van der Waals surface area contributed by atoms with E-state index in [2.05, 4.69) is 31.0 Å². The molecule has 0 saturated heterocycles. The van der Waals surface area contributed by atoms with E-state index in [1.165, 1.54) is 41.7 Å². The molecule has 1 aromatic carbocycles. The van der Waals surface area contributed by atoms with Crippen molar-refractivity contribution in [3.05, 3.63) is 40.9 Å². The predicted molar refractivity (Wildman–Crippen MR) is 86.9 cm³/mol. The third-order valence-corrected chi connectivity index (χ3v) is 4.62. The number of thiazole rings is 1. The lowest BCUT2D eigenvalue weighted by Crippen LogP contribution is -3.10. The summed E-state index contributed by atoms with van der Waals surface area (Å²) in [5.74, 6) is -1.22. The molecule has 0 amide bonds. The number of carbonyl (C=O) groups excluding carboxylic acids is 1. The monoisotopic (exact) mass is 318 g/mol. The van der Waals surface area contributed by atoms with Crippen LogP contribution in [0.2, 0.25) is 0 Å². The average Bonchev–Trinajstić information content (AvgIpc) is 3.02. The summed E-state index contributed by atoms with van der Waals surface area (Å²) < 4.78 is 0. The van der Waals surface area contributed by atoms with E-state index in [0.717, 1.165) is 23.7 Å². The van der Waals surface area contributed by atoms with E-state index in [0.29, 0.717) is 0 Å². The van der Waals surface area contributed by atoms with Crippen LogP contribution in [0.3, 0.4) is 0 Å². The number of quaternary nitrogens is 1. The van der Waals surface area contributed by atoms with Crippen LogP contribution >= 0.6 is 11.3 Å². The Bertz CT molecular complexity index is 625. The average molecular weight is 318 g/mol. The highest BCUT2D eigenvalue weighted by atomic mass is 32.1. The number of nitrogens with one attached hydrogen (secondary N) is 1. The number of hydrogen-bond donors (Lipinski definition) is 1. The van der Waals surface area contributed by atoms with Gasteiger partial charge in [0.2, 0.25) is 0 Å². The van der Waals surface area contributed by atoms with Gasteiger partial charge in [0.25, 0.3) is 0 Å². The number of aromatic carboxylic acids is 1. The Kier molecular flexibility index (Phi) is 6.10. The zero-order valence-corrected chi connectivity index (χ0v) is 13.9. The van der Waals surface area contributed by atoms with Crippen LogP contribution in [-0.2, 0) is 6.54 Å². The number of carbonyl (C=O) groups is 1. The second kappa shape index (κ2) is 8.06. The minimum atomic E-state index is -1.22. The van der Waals surface area contributed by atoms with Gasteiger partial charge < -0.3 is 14.8 Å². The van der Waals surface area contributed by atoms with Crippen LogP contribution < -0.4 is 10.0 Å². The largest absolute Gasteiger partial charge is 0.543 e. The van der Waals surface area contributed by atoms with Gasteiger partial charge in [0.1, 0.15) is 11.6 Å². The highest BCUT2D eigenvalue weighted by Gasteiger charge is 2.10. The molecule has 0 fully saturated rings. The maximum absolute atomic E-state index is 10.8. The molecule has 0 aliphatic heterocycles. The fourth-order valence-corrected chi connectivity index (χ4v) is 3.21. The van der Waals surface area contributed by atoms with Gasteiger partial charge >= 0.3 is 0 Å². The molecule has 2 aromatic rings. The van der Waals surface area contributed by atoms with Crippen molar-refractivity contribution in [3.63, 3.8) is 0 Å². The second-order valence-corrected chi connectivity index (χ2v) is 6.27. The molecule has 0 radical (unpaired) electrons. The molecule has 4 nitrogen and oxygen atoms in total. The Morgan fingerprint density at radius 1 is 1.36 bits per heavy atom. The van der Waals surface area contributed by atoms with Crippen LogP contribution in [0.4, 0.5) is 0 Å². The fraction of sp³-hybridized carbons (Fsp3) is 0.412. The number of rotatable bonds is 8. The summed E-state index contributed by atoms with van der Waals surface area (Å²) in [5.41, 5.74) is 2.24. The molecule has 0 aliphatic rings. The van der Waals surface area contributed by atoms with E-state index in [1.807, 2.05) is 12.1 Å². The molecule has 2 rings (SSSR count). The van der Waals surface area contributed by atoms with Gasteiger partial charge in [-0.3, -0.25) is 0 Å². The van der Waals surface area contributed by atoms with Crippen molar-refractivity contribution in [1.82, 2.24) is 4.98 Å². The molecule has 1 atom stereocenters. The number of benzene rings is 1. The lowest BCUT2D eigenvalue weighted by atomic mass is 10.1. The molecule has 0 spiro atoms. The summed E-state index contributed by atoms with van der Waals surface area (Å²) in [7, 11) is 0. The van der Waals surface area contributed by atoms with Crippen molar-refractivity contribution in [2.75, 3.05) is 13.1 Å². The van der Waals surface area contributed by atoms with E-state index in [9.17, 15) is 9.90 Å². The third kappa shape index (κ3) is 4.39. The lowest BCUT2D eigenvalue weighted by molar-refractivity contribution is -0.912. The summed E-state index contributed by atoms with van der Waals surface area (Å²) in [5, 5.41) is 13.1. The van der Waals surface area contributed by atoms with Gasteiger partial charge in [-0.2, -0.15) is 0 Å². The maximum Gasteiger partial charge on any atom is 0.124 e. The first-order chi connectivity index (χ1) is 10.6. The van der Waals surface area contributed by atoms with Gasteiger partial charge in [-0.25, -0.2) is 4.98 Å². The number of unbranched alkanes of at least 4 members (excludes halogenated alkanes) is 1. The van der Waals surface area contributed by atoms with Gasteiger partial charge in [0, 0.05) is 16.5 Å². The number of hydrogen-bond acceptors (Lipinski definition) is 4. The second-order valence-electron chi connectivity index (χ2n) is 5.41. The van der Waals surface area contributed by atoms with Crippen LogP contribution in [0, 0.1) is 0 Å². The minimum absolute atomic E-state index is 0.00848. The topological polar surface area (TPSA) is 57.5 Å². The SMILES string of the molecule is CCCC[NH+](CC)Cc1cccc(-c2nc(C(=O)[O-])cs2)c1. The van der Waals surface area contributed by atoms with E-state index < -0.39 is 5.97 Å². The van der Waals surface area contributed by atoms with Crippen LogP contribution in [0.25, 0.3) is 10.6 Å². The van der Waals surface area contributed by atoms with Gasteiger partial charge in [-0.1, -0.05) is 31.5 Å². The summed E-state index contributed by atoms with van der Waals surface area (Å²) in [6.45, 7) is 7.70. The summed E-state index contributed by atoms with van der Waals surface area (Å²) in [4.78, 5) is 16.5. The van der Waals surface area contributed by atoms with Crippen molar-refractivity contribution in [3.8, 4) is 10.6 Å². The number of carboxylic acids is 1. The van der Waals surface area contributed by atoms with Crippen molar-refractivity contribution in [2.45, 2.75) is 33.2 Å². The first-order valence-electron chi connectivity index (χ1n) is 7.73. The van der Waals surface area contributed by atoms with Gasteiger partial charge in [-0.05, 0) is 19.4 Å². The molecule has 0 saturated carbocycles. The molecule has 22 heavy (non-hydrogen) atoms. The summed E-state index contributed by atoms with van der Waals surface area (Å²) in [6, 6.07) is 8.22. The molecule has 1 unspecified atom stereocenters. The van der Waals surface area contributed by atoms with E-state index in [-0.39, 0.29) is 5.69 Å². The van der Waals surface area contributed by atoms with Gasteiger partial charge in [0.05, 0.1) is 24.8 Å². The molecule has 0 aliphatic carbocycles. The first-order valence-corrected chi connectivity index (χ1v) is 8.61. The number of nitrogens with zero attached hydrogens (tertiary/aromatic N) is 1. The van der Waals surface area contributed by atoms with Gasteiger partial charge in [-0.15, -0.1) is 11.3 Å². The van der Waals surface area contributed by atoms with Crippen molar-refractivity contribution in [1.29, 1.82) is 0 Å². The first kappa shape index (κ1) is 16.6. The van der Waals surface area contributed by atoms with Crippen LogP contribution in [-0.4, -0.2) is 24.0 Å². The molecule has 1 aromatic heterocycles. The molecule has 5 heteroatoms. The Labute approximate surface area is 135 Å². The molecule has 118 valence electrons. The third-order valence-electron chi connectivity index (χ3n) is 3.73. The Balaban J connectivity index is 2.13. The molecular formula is C17H22N2O2S. The van der Waals surface area contributed by atoms with Crippen LogP contribution in [0.15, 0.2) is 29.6 Å². The zero-order chi connectivity index (χ0) is 15.9. The smallest absolute Gasteiger partial charge is 0.124 e. The molecule has 1 N–H and O–H groups in total. The van der Waals surface area contributed by atoms with Crippen molar-refractivity contribution >= 4 is 17.3 Å². The van der Waals surface area contributed by atoms with Crippen LogP contribution in [0.5, 0.6) is 0 Å². The molecule has 1 heterocycles. The summed E-state index contributed by atoms with van der Waals surface area (Å²) >= 11 is 1.34. The highest BCUT2D eigenvalue weighted by Crippen LogP contribution is 2.24. The summed E-state index contributed by atoms with van der Waals surface area (Å²) in [6.07, 6.45) is 2.46. The fourth-order valence-electron chi connectivity index (χ4n) is 2.42. The molecule has 0 bridgehead atoms. The number of aromatic nitrogens is 1. The maximum atomic E-state index is 10.8. The normalized spacial score (nSPS) is 12.3. The predicted octanol–water partition coefficient (Wildman–Crippen LogP) is 1.38. The zero-order valence-electron chi connectivity index (χ0n) is 13.1. The number of carboxylic acid groups (broad SMARTS) is 1. The van der Waals surface area contributed by atoms with E-state index in [1.54, 1.807) is 4.90 Å². The van der Waals surface area contributed by atoms with E-state index >= 15 is 0 Å². The van der Waals surface area contributed by atoms with Crippen molar-refractivity contribution in [2.24, 2.45) is 0 Å². The quantitative estimate of drug-likeness (QED) is 0.800. The standard InChI is InChI=1S/C17H22N2O2S/c1-3-5-9-19(4-2)11-13-7-6-8-14(10-13)16-18-15(12-22-16)17(20)21/h6-8,10,12H,3-5,9,11H2,1-2H3,(H,20,21). The van der Waals surface area contributed by atoms with Gasteiger partial charge in [0.15, 0.2) is 0 Å². The van der Waals surface area contributed by atoms with Crippen LogP contribution in [0.1, 0.15) is 42.7 Å². The van der Waals surface area contributed by atoms with E-state index in [4.69, 9.17) is 0 Å². The minimum Gasteiger partial charge on any atom is -0.543 e. The lowest BCUT2D eigenvalue weighted by Gasteiger charge is -2.17. The molecular weight excluding hydrogens is 296 g/mol. The van der Waals surface area contributed by atoms with Crippen molar-refractivity contribution < 1.29 is 14.8 Å². The Morgan fingerprint density at radius 3 is 2.82 bits per heavy atom. The Morgan fingerprint density at radius 2 is 2.18 bits per heavy atom. The highest BCUT2D eigenvalue weighted by molar-refractivity contribution is 7.13. The Hall–Kier alpha value is -1.72.